The van der Waals surface area contributed by atoms with Crippen molar-refractivity contribution in [2.75, 3.05) is 12.3 Å². The van der Waals surface area contributed by atoms with Crippen LogP contribution in [-0.2, 0) is 9.59 Å². The molecule has 0 aliphatic rings. The molecule has 0 saturated heterocycles. The Morgan fingerprint density at radius 1 is 1.35 bits per heavy atom. The van der Waals surface area contributed by atoms with Gasteiger partial charge in [0.25, 0.3) is 0 Å². The van der Waals surface area contributed by atoms with Crippen LogP contribution in [0.3, 0.4) is 0 Å². The molecule has 1 aromatic rings. The molecule has 1 unspecified atom stereocenters. The molecule has 0 aromatic heterocycles. The zero-order valence-corrected chi connectivity index (χ0v) is 12.9. The fourth-order valence-electron chi connectivity index (χ4n) is 2.04. The molecule has 0 saturated carbocycles. The lowest BCUT2D eigenvalue weighted by Gasteiger charge is -2.27. The van der Waals surface area contributed by atoms with Crippen molar-refractivity contribution in [2.24, 2.45) is 0 Å². The van der Waals surface area contributed by atoms with E-state index in [4.69, 9.17) is 5.11 Å². The van der Waals surface area contributed by atoms with Crippen LogP contribution in [0.5, 0.6) is 0 Å². The zero-order valence-electron chi connectivity index (χ0n) is 12.1. The van der Waals surface area contributed by atoms with E-state index in [1.165, 1.54) is 11.8 Å². The Bertz CT molecular complexity index is 476. The van der Waals surface area contributed by atoms with Gasteiger partial charge in [0.2, 0.25) is 5.91 Å². The predicted octanol–water partition coefficient (Wildman–Crippen LogP) is 2.80. The first kappa shape index (κ1) is 16.6. The van der Waals surface area contributed by atoms with Crippen LogP contribution < -0.4 is 0 Å². The number of aryl methyl sites for hydroxylation is 1. The molecule has 4 nitrogen and oxygen atoms in total. The maximum atomic E-state index is 12.2. The number of nitrogens with zero attached hydrogens (tertiary/aromatic N) is 1. The lowest BCUT2D eigenvalue weighted by Crippen LogP contribution is -2.40. The van der Waals surface area contributed by atoms with E-state index in [1.807, 2.05) is 38.1 Å². The molecule has 0 bridgehead atoms. The summed E-state index contributed by atoms with van der Waals surface area (Å²) >= 11 is 1.50. The van der Waals surface area contributed by atoms with Gasteiger partial charge in [0.15, 0.2) is 0 Å². The van der Waals surface area contributed by atoms with Crippen molar-refractivity contribution < 1.29 is 14.7 Å². The second-order valence-electron chi connectivity index (χ2n) is 4.68. The first-order valence-electron chi connectivity index (χ1n) is 6.65. The molecule has 0 aliphatic heterocycles. The van der Waals surface area contributed by atoms with Gasteiger partial charge in [0.05, 0.1) is 12.2 Å². The minimum Gasteiger partial charge on any atom is -0.481 e. The molecule has 1 rings (SSSR count). The van der Waals surface area contributed by atoms with E-state index in [1.54, 1.807) is 11.8 Å². The highest BCUT2D eigenvalue weighted by Gasteiger charge is 2.20. The highest BCUT2D eigenvalue weighted by atomic mass is 32.2. The number of carbonyl (C=O) groups is 2. The molecule has 0 heterocycles. The summed E-state index contributed by atoms with van der Waals surface area (Å²) in [5.41, 5.74) is 1.15. The van der Waals surface area contributed by atoms with Crippen LogP contribution in [0, 0.1) is 6.92 Å². The number of thioether (sulfide) groups is 1. The Balaban J connectivity index is 2.60. The third kappa shape index (κ3) is 4.89. The van der Waals surface area contributed by atoms with E-state index in [9.17, 15) is 9.59 Å². The quantitative estimate of drug-likeness (QED) is 0.786. The monoisotopic (exact) mass is 295 g/mol. The zero-order chi connectivity index (χ0) is 15.1. The fourth-order valence-corrected chi connectivity index (χ4v) is 2.95. The second kappa shape index (κ2) is 7.94. The number of aliphatic carboxylic acids is 1. The molecule has 0 spiro atoms. The number of benzene rings is 1. The third-order valence-corrected chi connectivity index (χ3v) is 4.27. The van der Waals surface area contributed by atoms with Crippen LogP contribution in [0.25, 0.3) is 0 Å². The standard InChI is InChI=1S/C15H21NO3S/c1-4-16(12(3)9-15(18)19)14(17)10-20-13-8-6-5-7-11(13)2/h5-8,12H,4,9-10H2,1-3H3,(H,18,19). The summed E-state index contributed by atoms with van der Waals surface area (Å²) in [4.78, 5) is 25.6. The van der Waals surface area contributed by atoms with E-state index in [0.717, 1.165) is 10.5 Å². The molecular formula is C15H21NO3S. The summed E-state index contributed by atoms with van der Waals surface area (Å²) in [5, 5.41) is 8.81. The molecule has 1 N–H and O–H groups in total. The van der Waals surface area contributed by atoms with Crippen molar-refractivity contribution in [2.45, 2.75) is 38.1 Å². The molecule has 1 amide bonds. The average Bonchev–Trinajstić information content (AvgIpc) is 2.37. The number of carbonyl (C=O) groups excluding carboxylic acids is 1. The summed E-state index contributed by atoms with van der Waals surface area (Å²) in [5.74, 6) is -0.562. The smallest absolute Gasteiger partial charge is 0.305 e. The number of carboxylic acid groups (broad SMARTS) is 1. The molecule has 110 valence electrons. The summed E-state index contributed by atoms with van der Waals surface area (Å²) in [6, 6.07) is 7.64. The van der Waals surface area contributed by atoms with Crippen molar-refractivity contribution in [3.63, 3.8) is 0 Å². The molecule has 1 aromatic carbocycles. The van der Waals surface area contributed by atoms with Crippen LogP contribution >= 0.6 is 11.8 Å². The molecule has 0 aliphatic carbocycles. The van der Waals surface area contributed by atoms with Crippen molar-refractivity contribution >= 4 is 23.6 Å². The van der Waals surface area contributed by atoms with Crippen LogP contribution in [-0.4, -0.2) is 40.2 Å². The van der Waals surface area contributed by atoms with E-state index in [0.29, 0.717) is 12.3 Å². The summed E-state index contributed by atoms with van der Waals surface area (Å²) < 4.78 is 0. The van der Waals surface area contributed by atoms with Gasteiger partial charge < -0.3 is 10.0 Å². The number of hydrogen-bond acceptors (Lipinski definition) is 3. The Hall–Kier alpha value is -1.49. The van der Waals surface area contributed by atoms with Crippen LogP contribution in [0.2, 0.25) is 0 Å². The second-order valence-corrected chi connectivity index (χ2v) is 5.70. The molecule has 5 heteroatoms. The Kier molecular flexibility index (Phi) is 6.58. The van der Waals surface area contributed by atoms with Crippen LogP contribution in [0.1, 0.15) is 25.8 Å². The molecule has 0 radical (unpaired) electrons. The lowest BCUT2D eigenvalue weighted by molar-refractivity contribution is -0.139. The summed E-state index contributed by atoms with van der Waals surface area (Å²) in [6.45, 7) is 6.18. The molecular weight excluding hydrogens is 274 g/mol. The third-order valence-electron chi connectivity index (χ3n) is 3.11. The van der Waals surface area contributed by atoms with Gasteiger partial charge in [0.1, 0.15) is 0 Å². The van der Waals surface area contributed by atoms with Gasteiger partial charge >= 0.3 is 5.97 Å². The van der Waals surface area contributed by atoms with Gasteiger partial charge in [0, 0.05) is 17.5 Å². The SMILES string of the molecule is CCN(C(=O)CSc1ccccc1C)C(C)CC(=O)O. The van der Waals surface area contributed by atoms with Gasteiger partial charge in [-0.2, -0.15) is 0 Å². The minimum atomic E-state index is -0.879. The van der Waals surface area contributed by atoms with Crippen molar-refractivity contribution in [3.8, 4) is 0 Å². The Morgan fingerprint density at radius 3 is 2.55 bits per heavy atom. The topological polar surface area (TPSA) is 57.6 Å². The molecule has 0 fully saturated rings. The minimum absolute atomic E-state index is 0.0190. The number of hydrogen-bond donors (Lipinski definition) is 1. The van der Waals surface area contributed by atoms with Crippen molar-refractivity contribution in [1.29, 1.82) is 0 Å². The summed E-state index contributed by atoms with van der Waals surface area (Å²) in [7, 11) is 0. The average molecular weight is 295 g/mol. The highest BCUT2D eigenvalue weighted by molar-refractivity contribution is 8.00. The van der Waals surface area contributed by atoms with E-state index < -0.39 is 5.97 Å². The number of rotatable bonds is 7. The maximum Gasteiger partial charge on any atom is 0.305 e. The highest BCUT2D eigenvalue weighted by Crippen LogP contribution is 2.22. The summed E-state index contributed by atoms with van der Waals surface area (Å²) in [6.07, 6.45) is -0.0192. The van der Waals surface area contributed by atoms with E-state index >= 15 is 0 Å². The lowest BCUT2D eigenvalue weighted by atomic mass is 10.2. The maximum absolute atomic E-state index is 12.2. The first-order valence-corrected chi connectivity index (χ1v) is 7.64. The van der Waals surface area contributed by atoms with Gasteiger partial charge in [-0.05, 0) is 32.4 Å². The molecule has 20 heavy (non-hydrogen) atoms. The Morgan fingerprint density at radius 2 is 2.00 bits per heavy atom. The fraction of sp³-hybridized carbons (Fsp3) is 0.467. The van der Waals surface area contributed by atoms with Gasteiger partial charge in [-0.3, -0.25) is 9.59 Å². The number of amides is 1. The van der Waals surface area contributed by atoms with Crippen LogP contribution in [0.15, 0.2) is 29.2 Å². The van der Waals surface area contributed by atoms with Crippen LogP contribution in [0.4, 0.5) is 0 Å². The largest absolute Gasteiger partial charge is 0.481 e. The predicted molar refractivity (Wildman–Crippen MR) is 81.0 cm³/mol. The van der Waals surface area contributed by atoms with E-state index in [-0.39, 0.29) is 18.4 Å². The van der Waals surface area contributed by atoms with E-state index in [2.05, 4.69) is 0 Å². The van der Waals surface area contributed by atoms with Gasteiger partial charge in [-0.25, -0.2) is 0 Å². The normalized spacial score (nSPS) is 11.9. The van der Waals surface area contributed by atoms with Crippen molar-refractivity contribution in [3.05, 3.63) is 29.8 Å². The molecule has 1 atom stereocenters. The van der Waals surface area contributed by atoms with Gasteiger partial charge in [-0.1, -0.05) is 18.2 Å². The van der Waals surface area contributed by atoms with Gasteiger partial charge in [-0.15, -0.1) is 11.8 Å². The number of carboxylic acids is 1. The van der Waals surface area contributed by atoms with Crippen molar-refractivity contribution in [1.82, 2.24) is 4.90 Å². The first-order chi connectivity index (χ1) is 9.45. The Labute approximate surface area is 124 Å².